The quantitative estimate of drug-likeness (QED) is 0.751. The van der Waals surface area contributed by atoms with Crippen molar-refractivity contribution in [2.75, 3.05) is 48.9 Å². The summed E-state index contributed by atoms with van der Waals surface area (Å²) in [6, 6.07) is 1.69. The van der Waals surface area contributed by atoms with E-state index in [9.17, 15) is 9.18 Å². The summed E-state index contributed by atoms with van der Waals surface area (Å²) in [7, 11) is 5.55. The largest absolute Gasteiger partial charge is 0.353 e. The van der Waals surface area contributed by atoms with Crippen LogP contribution in [0.15, 0.2) is 29.5 Å². The van der Waals surface area contributed by atoms with E-state index < -0.39 is 6.17 Å². The molecule has 3 heterocycles. The fourth-order valence-electron chi connectivity index (χ4n) is 3.38. The molecule has 3 rings (SSSR count). The lowest BCUT2D eigenvalue weighted by Crippen LogP contribution is -2.42. The minimum Gasteiger partial charge on any atom is -0.353 e. The van der Waals surface area contributed by atoms with E-state index in [1.165, 1.54) is 0 Å². The van der Waals surface area contributed by atoms with Crippen LogP contribution in [0.1, 0.15) is 13.3 Å². The van der Waals surface area contributed by atoms with Gasteiger partial charge in [0.25, 0.3) is 5.56 Å². The van der Waals surface area contributed by atoms with Gasteiger partial charge in [-0.1, -0.05) is 0 Å². The van der Waals surface area contributed by atoms with Crippen molar-refractivity contribution < 1.29 is 4.39 Å². The van der Waals surface area contributed by atoms with Gasteiger partial charge in [0, 0.05) is 59.2 Å². The van der Waals surface area contributed by atoms with Gasteiger partial charge < -0.3 is 19.3 Å². The minimum atomic E-state index is -0.933. The molecule has 0 aliphatic carbocycles. The van der Waals surface area contributed by atoms with Crippen LogP contribution in [0.25, 0.3) is 0 Å². The SMILES string of the molecule is CCn1ccnc(N(C)C[C@@H]2C[C@H](F)CN2c2ccnc(N(C)C)n2)c1=O. The molecule has 0 aromatic carbocycles. The van der Waals surface area contributed by atoms with Crippen LogP contribution in [0.4, 0.5) is 22.0 Å². The third kappa shape index (κ3) is 4.01. The van der Waals surface area contributed by atoms with Crippen molar-refractivity contribution in [1.82, 2.24) is 19.5 Å². The van der Waals surface area contributed by atoms with Gasteiger partial charge >= 0.3 is 0 Å². The third-order valence-corrected chi connectivity index (χ3v) is 4.77. The Kier molecular flexibility index (Phi) is 5.57. The van der Waals surface area contributed by atoms with Crippen molar-refractivity contribution in [2.45, 2.75) is 32.1 Å². The van der Waals surface area contributed by atoms with Crippen molar-refractivity contribution in [2.24, 2.45) is 0 Å². The summed E-state index contributed by atoms with van der Waals surface area (Å²) in [4.78, 5) is 31.1. The smallest absolute Gasteiger partial charge is 0.293 e. The highest BCUT2D eigenvalue weighted by Gasteiger charge is 2.34. The summed E-state index contributed by atoms with van der Waals surface area (Å²) in [5.74, 6) is 1.65. The van der Waals surface area contributed by atoms with Gasteiger partial charge in [-0.05, 0) is 13.0 Å². The highest BCUT2D eigenvalue weighted by molar-refractivity contribution is 5.47. The van der Waals surface area contributed by atoms with Crippen LogP contribution < -0.4 is 20.3 Å². The first kappa shape index (κ1) is 19.1. The number of rotatable bonds is 6. The highest BCUT2D eigenvalue weighted by Crippen LogP contribution is 2.27. The maximum atomic E-state index is 14.2. The molecular weight excluding hydrogens is 349 g/mol. The van der Waals surface area contributed by atoms with E-state index in [2.05, 4.69) is 15.0 Å². The van der Waals surface area contributed by atoms with Gasteiger partial charge in [-0.15, -0.1) is 0 Å². The number of likely N-dealkylation sites (N-methyl/N-ethyl adjacent to an activating group) is 1. The van der Waals surface area contributed by atoms with Crippen molar-refractivity contribution in [3.05, 3.63) is 35.0 Å². The van der Waals surface area contributed by atoms with E-state index in [1.54, 1.807) is 34.1 Å². The number of nitrogens with zero attached hydrogens (tertiary/aromatic N) is 7. The van der Waals surface area contributed by atoms with Crippen LogP contribution >= 0.6 is 0 Å². The minimum absolute atomic E-state index is 0.105. The molecule has 0 unspecified atom stereocenters. The zero-order valence-electron chi connectivity index (χ0n) is 16.2. The fraction of sp³-hybridized carbons (Fsp3) is 0.556. The lowest BCUT2D eigenvalue weighted by Gasteiger charge is -2.29. The molecule has 0 saturated carbocycles. The average molecular weight is 375 g/mol. The van der Waals surface area contributed by atoms with E-state index in [0.717, 1.165) is 0 Å². The lowest BCUT2D eigenvalue weighted by atomic mass is 10.2. The molecule has 9 heteroatoms. The van der Waals surface area contributed by atoms with Crippen molar-refractivity contribution >= 4 is 17.6 Å². The Balaban J connectivity index is 1.83. The molecule has 0 amide bonds. The number of hydrogen-bond acceptors (Lipinski definition) is 7. The van der Waals surface area contributed by atoms with Gasteiger partial charge in [-0.25, -0.2) is 14.4 Å². The molecule has 8 nitrogen and oxygen atoms in total. The first-order valence-corrected chi connectivity index (χ1v) is 9.08. The standard InChI is InChI=1S/C18H26FN7O/c1-5-25-9-8-20-16(17(25)27)24(4)12-14-10-13(19)11-26(14)15-6-7-21-18(22-15)23(2)3/h6-9,13-14H,5,10-12H2,1-4H3/t13-,14-/m0/s1. The summed E-state index contributed by atoms with van der Waals surface area (Å²) in [5.41, 5.74) is -0.138. The maximum Gasteiger partial charge on any atom is 0.293 e. The van der Waals surface area contributed by atoms with E-state index in [4.69, 9.17) is 0 Å². The Hall–Kier alpha value is -2.71. The van der Waals surface area contributed by atoms with Crippen LogP contribution in [0.2, 0.25) is 0 Å². The molecule has 0 spiro atoms. The van der Waals surface area contributed by atoms with E-state index >= 15 is 0 Å². The third-order valence-electron chi connectivity index (χ3n) is 4.77. The first-order chi connectivity index (χ1) is 12.9. The van der Waals surface area contributed by atoms with Gasteiger partial charge in [-0.3, -0.25) is 4.79 Å². The Labute approximate surface area is 158 Å². The molecule has 2 atom stereocenters. The maximum absolute atomic E-state index is 14.2. The predicted octanol–water partition coefficient (Wildman–Crippen LogP) is 1.17. The topological polar surface area (TPSA) is 70.4 Å². The van der Waals surface area contributed by atoms with E-state index in [0.29, 0.717) is 37.1 Å². The van der Waals surface area contributed by atoms with Crippen molar-refractivity contribution in [3.63, 3.8) is 0 Å². The summed E-state index contributed by atoms with van der Waals surface area (Å²) >= 11 is 0. The van der Waals surface area contributed by atoms with Gasteiger partial charge in [0.05, 0.1) is 12.6 Å². The number of hydrogen-bond donors (Lipinski definition) is 0. The van der Waals surface area contributed by atoms with Gasteiger partial charge in [-0.2, -0.15) is 4.98 Å². The number of aryl methyl sites for hydroxylation is 1. The number of halogens is 1. The molecule has 0 radical (unpaired) electrons. The second-order valence-electron chi connectivity index (χ2n) is 6.97. The van der Waals surface area contributed by atoms with Crippen LogP contribution in [-0.2, 0) is 6.54 Å². The Morgan fingerprint density at radius 2 is 2.04 bits per heavy atom. The second kappa shape index (κ2) is 7.89. The molecule has 1 saturated heterocycles. The van der Waals surface area contributed by atoms with Crippen molar-refractivity contribution in [1.29, 1.82) is 0 Å². The number of aromatic nitrogens is 4. The zero-order chi connectivity index (χ0) is 19.6. The molecule has 2 aromatic rings. The summed E-state index contributed by atoms with van der Waals surface area (Å²) in [6.45, 7) is 3.26. The highest BCUT2D eigenvalue weighted by atomic mass is 19.1. The zero-order valence-corrected chi connectivity index (χ0v) is 16.2. The van der Waals surface area contributed by atoms with Gasteiger partial charge in [0.15, 0.2) is 5.82 Å². The van der Waals surface area contributed by atoms with E-state index in [1.807, 2.05) is 37.9 Å². The molecule has 1 aliphatic rings. The summed E-state index contributed by atoms with van der Waals surface area (Å²) < 4.78 is 15.8. The molecule has 146 valence electrons. The number of alkyl halides is 1. The normalized spacial score (nSPS) is 19.4. The molecule has 1 fully saturated rings. The lowest BCUT2D eigenvalue weighted by molar-refractivity contribution is 0.356. The first-order valence-electron chi connectivity index (χ1n) is 9.08. The number of anilines is 3. The molecule has 27 heavy (non-hydrogen) atoms. The second-order valence-corrected chi connectivity index (χ2v) is 6.97. The monoisotopic (exact) mass is 375 g/mol. The average Bonchev–Trinajstić information content (AvgIpc) is 3.02. The van der Waals surface area contributed by atoms with Crippen LogP contribution in [0, 0.1) is 0 Å². The van der Waals surface area contributed by atoms with Crippen molar-refractivity contribution in [3.8, 4) is 0 Å². The summed E-state index contributed by atoms with van der Waals surface area (Å²) in [5, 5.41) is 0. The molecule has 1 aliphatic heterocycles. The fourth-order valence-corrected chi connectivity index (χ4v) is 3.38. The molecule has 0 N–H and O–H groups in total. The van der Waals surface area contributed by atoms with Gasteiger partial charge in [0.1, 0.15) is 12.0 Å². The Morgan fingerprint density at radius 3 is 2.74 bits per heavy atom. The molecule has 0 bridgehead atoms. The van der Waals surface area contributed by atoms with Crippen LogP contribution in [0.3, 0.4) is 0 Å². The van der Waals surface area contributed by atoms with E-state index in [-0.39, 0.29) is 18.1 Å². The summed E-state index contributed by atoms with van der Waals surface area (Å²) in [6.07, 6.45) is 4.43. The Bertz CT molecular complexity index is 840. The van der Waals surface area contributed by atoms with Crippen LogP contribution in [0.5, 0.6) is 0 Å². The predicted molar refractivity (Wildman–Crippen MR) is 104 cm³/mol. The molecule has 2 aromatic heterocycles. The van der Waals surface area contributed by atoms with Crippen LogP contribution in [-0.4, -0.2) is 66.0 Å². The van der Waals surface area contributed by atoms with Gasteiger partial charge in [0.2, 0.25) is 5.95 Å². The Morgan fingerprint density at radius 1 is 1.26 bits per heavy atom. The molecular formula is C18H26FN7O.